The second-order valence-corrected chi connectivity index (χ2v) is 0.704. The molecule has 0 aliphatic carbocycles. The number of carbonyl (C=O) groups is 1. The van der Waals surface area contributed by atoms with Crippen LogP contribution in [0, 0.1) is 0 Å². The van der Waals surface area contributed by atoms with Crippen LogP contribution in [0.1, 0.15) is 6.85 Å². The van der Waals surface area contributed by atoms with E-state index in [0.717, 1.165) is 0 Å². The summed E-state index contributed by atoms with van der Waals surface area (Å²) in [5.41, 5.74) is 0. The van der Waals surface area contributed by atoms with E-state index in [0.29, 0.717) is 0 Å². The normalized spacial score (nSPS) is 19.3. The van der Waals surface area contributed by atoms with Gasteiger partial charge in [0, 0.05) is 0 Å². The molecule has 0 unspecified atom stereocenters. The molecule has 40 valence electrons. The number of rotatable bonds is 1. The lowest BCUT2D eigenvalue weighted by molar-refractivity contribution is -0.137. The summed E-state index contributed by atoms with van der Waals surface area (Å²) in [5, 5.41) is 0. The first-order chi connectivity index (χ1) is 5.24. The monoisotopic (exact) mass is 109 g/mol. The van der Waals surface area contributed by atoms with Gasteiger partial charge >= 0.3 is 5.97 Å². The minimum Gasteiger partial charge on any atom is -0.464 e. The Balaban J connectivity index is 4.36. The van der Waals surface area contributed by atoms with E-state index < -0.39 is 25.4 Å². The third-order valence-electron chi connectivity index (χ3n) is 0.272. The third-order valence-corrected chi connectivity index (χ3v) is 0.272. The Bertz CT molecular complexity index is 216. The van der Waals surface area contributed by atoms with Crippen molar-refractivity contribution in [3.05, 3.63) is 12.4 Å². The van der Waals surface area contributed by atoms with Crippen LogP contribution in [0.25, 0.3) is 0 Å². The largest absolute Gasteiger partial charge is 0.464 e. The molecule has 0 saturated carbocycles. The molecule has 0 aromatic heterocycles. The molecule has 3 heteroatoms. The summed E-state index contributed by atoms with van der Waals surface area (Å²) in [6.07, 6.45) is 0. The van der Waals surface area contributed by atoms with E-state index in [2.05, 4.69) is 4.74 Å². The molecular weight excluding hydrogens is 99.0 g/mol. The molecule has 0 N–H and O–H groups in total. The molecule has 0 saturated heterocycles. The van der Waals surface area contributed by atoms with Gasteiger partial charge in [-0.25, -0.2) is 4.79 Å². The zero-order valence-electron chi connectivity index (χ0n) is 8.19. The lowest BCUT2D eigenvalue weighted by atomic mass is 10.6. The molecule has 0 aromatic carbocycles. The molecule has 0 heterocycles. The predicted octanol–water partition coefficient (Wildman–Crippen LogP) is 0.643. The molecule has 0 bridgehead atoms. The lowest BCUT2D eigenvalue weighted by Crippen LogP contribution is -1.97. The Morgan fingerprint density at radius 3 is 3.43 bits per heavy atom. The van der Waals surface area contributed by atoms with Crippen LogP contribution in [0.2, 0.25) is 0 Å². The smallest absolute Gasteiger partial charge is 0.366 e. The van der Waals surface area contributed by atoms with Crippen LogP contribution in [0.4, 0.5) is 4.39 Å². The number of hydrogen-bond donors (Lipinski definition) is 0. The van der Waals surface area contributed by atoms with Gasteiger partial charge < -0.3 is 4.74 Å². The number of halogens is 1. The van der Waals surface area contributed by atoms with Crippen LogP contribution < -0.4 is 0 Å². The van der Waals surface area contributed by atoms with Crippen molar-refractivity contribution < 1.29 is 20.8 Å². The van der Waals surface area contributed by atoms with E-state index in [1.54, 1.807) is 0 Å². The number of methoxy groups -OCH3 is 1. The molecular formula is C4H5FO2. The van der Waals surface area contributed by atoms with Crippen molar-refractivity contribution in [2.24, 2.45) is 0 Å². The van der Waals surface area contributed by atoms with E-state index >= 15 is 0 Å². The first kappa shape index (κ1) is 1.58. The van der Waals surface area contributed by atoms with Gasteiger partial charge in [-0.1, -0.05) is 6.53 Å². The number of hydrogen-bond acceptors (Lipinski definition) is 2. The van der Waals surface area contributed by atoms with Crippen molar-refractivity contribution in [1.29, 1.82) is 0 Å². The van der Waals surface area contributed by atoms with Gasteiger partial charge in [0.1, 0.15) is 0 Å². The van der Waals surface area contributed by atoms with E-state index in [9.17, 15) is 9.18 Å². The molecule has 0 amide bonds. The Morgan fingerprint density at radius 1 is 2.29 bits per heavy atom. The second-order valence-electron chi connectivity index (χ2n) is 0.704. The van der Waals surface area contributed by atoms with Crippen LogP contribution in [-0.2, 0) is 9.53 Å². The van der Waals surface area contributed by atoms with Gasteiger partial charge in [-0.3, -0.25) is 0 Å². The third kappa shape index (κ3) is 1.92. The topological polar surface area (TPSA) is 26.3 Å². The highest BCUT2D eigenvalue weighted by atomic mass is 19.1. The fourth-order valence-electron chi connectivity index (χ4n) is 0.0448. The molecule has 0 atom stereocenters. The van der Waals surface area contributed by atoms with Crippen molar-refractivity contribution >= 4 is 5.97 Å². The molecule has 0 aliphatic rings. The van der Waals surface area contributed by atoms with Crippen LogP contribution in [0.5, 0.6) is 0 Å². The second kappa shape index (κ2) is 2.34. The average Bonchev–Trinajstić information content (AvgIpc) is 1.82. The first-order valence-electron chi connectivity index (χ1n) is 3.80. The van der Waals surface area contributed by atoms with Crippen molar-refractivity contribution in [3.8, 4) is 0 Å². The molecule has 7 heavy (non-hydrogen) atoms. The van der Waals surface area contributed by atoms with Crippen molar-refractivity contribution in [2.75, 3.05) is 7.04 Å². The summed E-state index contributed by atoms with van der Waals surface area (Å²) < 4.78 is 47.5. The number of carbonyl (C=O) groups excluding carboxylic acids is 1. The molecule has 0 fully saturated rings. The van der Waals surface area contributed by atoms with Gasteiger partial charge in [0.15, 0.2) is 0 Å². The first-order valence-corrected chi connectivity index (χ1v) is 1.30. The van der Waals surface area contributed by atoms with E-state index in [1.807, 2.05) is 0 Å². The minimum atomic E-state index is -3.05. The van der Waals surface area contributed by atoms with Gasteiger partial charge in [0.2, 0.25) is 5.83 Å². The van der Waals surface area contributed by atoms with Gasteiger partial charge in [0.05, 0.1) is 13.9 Å². The highest BCUT2D eigenvalue weighted by molar-refractivity contribution is 5.84. The van der Waals surface area contributed by atoms with Crippen LogP contribution >= 0.6 is 0 Å². The highest BCUT2D eigenvalue weighted by Crippen LogP contribution is 1.91. The van der Waals surface area contributed by atoms with Crippen molar-refractivity contribution in [2.45, 2.75) is 0 Å². The summed E-state index contributed by atoms with van der Waals surface area (Å²) in [6, 6.07) is 0. The quantitative estimate of drug-likeness (QED) is 0.365. The average molecular weight is 109 g/mol. The van der Waals surface area contributed by atoms with Crippen molar-refractivity contribution in [1.82, 2.24) is 0 Å². The Hall–Kier alpha value is -0.860. The Labute approximate surface area is 47.6 Å². The summed E-state index contributed by atoms with van der Waals surface area (Å²) in [6.45, 7) is -1.41. The van der Waals surface area contributed by atoms with Gasteiger partial charge in [-0.15, -0.1) is 0 Å². The summed E-state index contributed by atoms with van der Waals surface area (Å²) in [7, 11) is -3.05. The fourth-order valence-corrected chi connectivity index (χ4v) is 0.0448. The fraction of sp³-hybridized carbons (Fsp3) is 0.250. The zero-order chi connectivity index (χ0) is 9.94. The Kier molecular flexibility index (Phi) is 0.527. The molecule has 0 spiro atoms. The number of esters is 1. The maximum absolute atomic E-state index is 12.2. The predicted molar refractivity (Wildman–Crippen MR) is 22.3 cm³/mol. The van der Waals surface area contributed by atoms with Crippen LogP contribution in [-0.4, -0.2) is 13.0 Å². The summed E-state index contributed by atoms with van der Waals surface area (Å²) in [4.78, 5) is 10.3. The van der Waals surface area contributed by atoms with E-state index in [1.165, 1.54) is 0 Å². The van der Waals surface area contributed by atoms with E-state index in [4.69, 9.17) is 6.85 Å². The zero-order valence-corrected chi connectivity index (χ0v) is 3.19. The van der Waals surface area contributed by atoms with Crippen LogP contribution in [0.15, 0.2) is 12.4 Å². The van der Waals surface area contributed by atoms with Crippen molar-refractivity contribution in [3.63, 3.8) is 0 Å². The SMILES string of the molecule is [2H]C([2H])=C(F)C(=O)OC([2H])([2H])[2H]. The molecule has 0 rings (SSSR count). The highest BCUT2D eigenvalue weighted by Gasteiger charge is 2.01. The van der Waals surface area contributed by atoms with Gasteiger partial charge in [-0.05, 0) is 0 Å². The summed E-state index contributed by atoms with van der Waals surface area (Å²) in [5.74, 6) is -3.65. The minimum absolute atomic E-state index is 1.41. The lowest BCUT2D eigenvalue weighted by Gasteiger charge is -1.88. The molecule has 0 aliphatic heterocycles. The Morgan fingerprint density at radius 2 is 3.00 bits per heavy atom. The molecule has 2 nitrogen and oxygen atoms in total. The number of ether oxygens (including phenoxy) is 1. The van der Waals surface area contributed by atoms with Crippen LogP contribution in [0.3, 0.4) is 0 Å². The standard InChI is InChI=1S/C4H5FO2/c1-3(5)4(6)7-2/h1H2,2H3/i1D2,2D3. The summed E-state index contributed by atoms with van der Waals surface area (Å²) >= 11 is 0. The maximum Gasteiger partial charge on any atom is 0.366 e. The molecule has 0 aromatic rings. The maximum atomic E-state index is 12.2. The molecule has 0 radical (unpaired) electrons. The van der Waals surface area contributed by atoms with Gasteiger partial charge in [-0.2, -0.15) is 4.39 Å². The van der Waals surface area contributed by atoms with Gasteiger partial charge in [0.25, 0.3) is 0 Å². The van der Waals surface area contributed by atoms with E-state index in [-0.39, 0.29) is 0 Å².